The van der Waals surface area contributed by atoms with E-state index < -0.39 is 40.7 Å². The van der Waals surface area contributed by atoms with Gasteiger partial charge in [-0.1, -0.05) is 30.3 Å². The Balaban J connectivity index is 2.26. The maximum atomic E-state index is 13.9. The van der Waals surface area contributed by atoms with E-state index in [2.05, 4.69) is 4.98 Å². The molecule has 0 aliphatic rings. The molecule has 0 bridgehead atoms. The number of H-pyrrole nitrogens is 1. The molecule has 3 rings (SSSR count). The summed E-state index contributed by atoms with van der Waals surface area (Å²) in [4.78, 5) is 14.6. The second-order valence-corrected chi connectivity index (χ2v) is 5.93. The second kappa shape index (κ2) is 6.54. The normalized spacial score (nSPS) is 13.0. The number of rotatable bonds is 3. The quantitative estimate of drug-likeness (QED) is 0.589. The van der Waals surface area contributed by atoms with Crippen LogP contribution in [0.25, 0.3) is 10.9 Å². The number of benzene rings is 2. The number of carbonyl (C=O) groups is 1. The van der Waals surface area contributed by atoms with E-state index in [1.54, 1.807) is 0 Å². The topological polar surface area (TPSA) is 44.9 Å². The monoisotopic (exact) mass is 404 g/mol. The number of fused-ring (bicyclic) bond motifs is 1. The summed E-state index contributed by atoms with van der Waals surface area (Å²) in [5.41, 5.74) is -6.93. The minimum Gasteiger partial charge on any atom is -0.361 e. The Morgan fingerprint density at radius 2 is 1.43 bits per heavy atom. The Bertz CT molecular complexity index is 1010. The summed E-state index contributed by atoms with van der Waals surface area (Å²) in [7, 11) is 0. The number of carbonyl (C=O) groups excluding carboxylic acids is 1. The minimum atomic E-state index is -5.98. The zero-order chi connectivity index (χ0) is 20.7. The number of hydrogen-bond donors (Lipinski definition) is 2. The third kappa shape index (κ3) is 2.98. The first-order valence-electron chi connectivity index (χ1n) is 7.76. The molecule has 1 amide bonds. The van der Waals surface area contributed by atoms with Crippen LogP contribution in [0.3, 0.4) is 0 Å². The van der Waals surface area contributed by atoms with Crippen LogP contribution in [-0.4, -0.2) is 23.2 Å². The highest BCUT2D eigenvalue weighted by atomic mass is 19.4. The van der Waals surface area contributed by atoms with Gasteiger partial charge in [0.25, 0.3) is 11.4 Å². The van der Waals surface area contributed by atoms with Crippen LogP contribution in [0.15, 0.2) is 54.7 Å². The Morgan fingerprint density at radius 3 is 2.04 bits per heavy atom. The van der Waals surface area contributed by atoms with E-state index in [4.69, 9.17) is 0 Å². The zero-order valence-electron chi connectivity index (χ0n) is 13.8. The maximum absolute atomic E-state index is 13.9. The molecule has 0 aliphatic carbocycles. The molecule has 28 heavy (non-hydrogen) atoms. The van der Waals surface area contributed by atoms with Gasteiger partial charge in [-0.05, 0) is 18.2 Å². The fraction of sp³-hybridized carbons (Fsp3) is 0.167. The molecule has 1 aromatic heterocycles. The summed E-state index contributed by atoms with van der Waals surface area (Å²) in [6, 6.07) is 8.83. The minimum absolute atomic E-state index is 0.00974. The number of aromatic nitrogens is 1. The van der Waals surface area contributed by atoms with Gasteiger partial charge >= 0.3 is 12.4 Å². The first-order valence-corrected chi connectivity index (χ1v) is 7.76. The molecule has 10 heteroatoms. The van der Waals surface area contributed by atoms with Gasteiger partial charge in [0.15, 0.2) is 0 Å². The molecule has 0 saturated heterocycles. The molecule has 0 radical (unpaired) electrons. The lowest BCUT2D eigenvalue weighted by atomic mass is 9.87. The molecule has 2 N–H and O–H groups in total. The standard InChI is InChI=1S/C18H11F7N2O/c19-13-7-3-1-6-11(13)15(28)27-16(17(20,21)22,18(23,24)25)12-9-26-14-8-4-2-5-10(12)14/h1-9,26H,(H,27,28). The molecule has 0 aliphatic heterocycles. The van der Waals surface area contributed by atoms with Crippen LogP contribution in [0.5, 0.6) is 0 Å². The maximum Gasteiger partial charge on any atom is 0.424 e. The molecule has 0 spiro atoms. The number of halogens is 7. The Labute approximate surface area is 153 Å². The summed E-state index contributed by atoms with van der Waals surface area (Å²) in [5.74, 6) is -3.10. The molecule has 0 atom stereocenters. The van der Waals surface area contributed by atoms with Crippen LogP contribution in [0.2, 0.25) is 0 Å². The van der Waals surface area contributed by atoms with Crippen molar-refractivity contribution in [2.75, 3.05) is 0 Å². The molecule has 148 valence electrons. The third-order valence-electron chi connectivity index (χ3n) is 4.26. The van der Waals surface area contributed by atoms with Crippen molar-refractivity contribution in [2.45, 2.75) is 17.9 Å². The smallest absolute Gasteiger partial charge is 0.361 e. The average molecular weight is 404 g/mol. The predicted octanol–water partition coefficient (Wildman–Crippen LogP) is 5.06. The highest BCUT2D eigenvalue weighted by molar-refractivity contribution is 5.96. The Hall–Kier alpha value is -3.04. The van der Waals surface area contributed by atoms with E-state index in [-0.39, 0.29) is 10.9 Å². The molecule has 2 aromatic carbocycles. The van der Waals surface area contributed by atoms with Crippen molar-refractivity contribution < 1.29 is 35.5 Å². The van der Waals surface area contributed by atoms with Crippen LogP contribution in [0.1, 0.15) is 15.9 Å². The van der Waals surface area contributed by atoms with E-state index in [1.807, 2.05) is 0 Å². The van der Waals surface area contributed by atoms with Crippen molar-refractivity contribution in [3.63, 3.8) is 0 Å². The first-order chi connectivity index (χ1) is 13.0. The van der Waals surface area contributed by atoms with Crippen LogP contribution >= 0.6 is 0 Å². The van der Waals surface area contributed by atoms with E-state index in [0.717, 1.165) is 35.6 Å². The van der Waals surface area contributed by atoms with E-state index in [9.17, 15) is 35.5 Å². The van der Waals surface area contributed by atoms with Crippen LogP contribution in [0.4, 0.5) is 30.7 Å². The van der Waals surface area contributed by atoms with Gasteiger partial charge in [-0.3, -0.25) is 4.79 Å². The lowest BCUT2D eigenvalue weighted by Gasteiger charge is -2.37. The van der Waals surface area contributed by atoms with Gasteiger partial charge < -0.3 is 10.3 Å². The van der Waals surface area contributed by atoms with Crippen LogP contribution in [0, 0.1) is 5.82 Å². The molecule has 0 saturated carbocycles. The van der Waals surface area contributed by atoms with Gasteiger partial charge in [0.05, 0.1) is 5.56 Å². The molecule has 3 nitrogen and oxygen atoms in total. The highest BCUT2D eigenvalue weighted by Gasteiger charge is 2.73. The Kier molecular flexibility index (Phi) is 4.60. The number of aromatic amines is 1. The van der Waals surface area contributed by atoms with E-state index in [1.165, 1.54) is 18.2 Å². The number of nitrogens with one attached hydrogen (secondary N) is 2. The third-order valence-corrected chi connectivity index (χ3v) is 4.26. The SMILES string of the molecule is O=C(NC(c1c[nH]c2ccccc12)(C(F)(F)F)C(F)(F)F)c1ccccc1F. The largest absolute Gasteiger partial charge is 0.424 e. The van der Waals surface area contributed by atoms with Gasteiger partial charge in [-0.15, -0.1) is 0 Å². The van der Waals surface area contributed by atoms with E-state index in [0.29, 0.717) is 6.20 Å². The summed E-state index contributed by atoms with van der Waals surface area (Å²) in [6.45, 7) is 0. The van der Waals surface area contributed by atoms with Crippen molar-refractivity contribution in [3.05, 3.63) is 71.7 Å². The predicted molar refractivity (Wildman–Crippen MR) is 86.0 cm³/mol. The fourth-order valence-electron chi connectivity index (χ4n) is 2.94. The number of para-hydroxylation sites is 1. The summed E-state index contributed by atoms with van der Waals surface area (Å²) < 4.78 is 97.2. The fourth-order valence-corrected chi connectivity index (χ4v) is 2.94. The lowest BCUT2D eigenvalue weighted by Crippen LogP contribution is -2.64. The van der Waals surface area contributed by atoms with Crippen molar-refractivity contribution in [1.29, 1.82) is 0 Å². The van der Waals surface area contributed by atoms with Crippen molar-refractivity contribution in [2.24, 2.45) is 0 Å². The van der Waals surface area contributed by atoms with Gasteiger partial charge in [0.2, 0.25) is 0 Å². The number of hydrogen-bond acceptors (Lipinski definition) is 1. The van der Waals surface area contributed by atoms with Crippen LogP contribution < -0.4 is 5.32 Å². The van der Waals surface area contributed by atoms with Gasteiger partial charge in [0, 0.05) is 22.7 Å². The van der Waals surface area contributed by atoms with E-state index >= 15 is 0 Å². The van der Waals surface area contributed by atoms with Crippen molar-refractivity contribution in [3.8, 4) is 0 Å². The summed E-state index contributed by atoms with van der Waals surface area (Å²) in [5, 5.41) is 0.630. The molecule has 0 unspecified atom stereocenters. The highest BCUT2D eigenvalue weighted by Crippen LogP contribution is 2.52. The van der Waals surface area contributed by atoms with Gasteiger partial charge in [-0.2, -0.15) is 26.3 Å². The molecular weight excluding hydrogens is 393 g/mol. The lowest BCUT2D eigenvalue weighted by molar-refractivity contribution is -0.309. The average Bonchev–Trinajstić information content (AvgIpc) is 3.02. The Morgan fingerprint density at radius 1 is 0.857 bits per heavy atom. The van der Waals surface area contributed by atoms with Crippen molar-refractivity contribution >= 4 is 16.8 Å². The molecule has 1 heterocycles. The van der Waals surface area contributed by atoms with Crippen LogP contribution in [-0.2, 0) is 5.54 Å². The van der Waals surface area contributed by atoms with Gasteiger partial charge in [0.1, 0.15) is 5.82 Å². The molecular formula is C18H11F7N2O. The second-order valence-electron chi connectivity index (χ2n) is 5.93. The number of alkyl halides is 6. The van der Waals surface area contributed by atoms with Crippen molar-refractivity contribution in [1.82, 2.24) is 10.3 Å². The molecule has 0 fully saturated rings. The van der Waals surface area contributed by atoms with Gasteiger partial charge in [-0.25, -0.2) is 4.39 Å². The number of amides is 1. The summed E-state index contributed by atoms with van der Waals surface area (Å²) in [6.07, 6.45) is -11.4. The first kappa shape index (κ1) is 19.7. The zero-order valence-corrected chi connectivity index (χ0v) is 13.8. The molecule has 3 aromatic rings. The summed E-state index contributed by atoms with van der Waals surface area (Å²) >= 11 is 0.